The van der Waals surface area contributed by atoms with Gasteiger partial charge in [0.05, 0.1) is 11.3 Å². The monoisotopic (exact) mass is 249 g/mol. The molecule has 1 amide bonds. The van der Waals surface area contributed by atoms with Gasteiger partial charge < -0.3 is 10.2 Å². The molecule has 4 heteroatoms. The number of carbonyl (C=O) groups is 1. The topological polar surface area (TPSA) is 45.2 Å². The molecule has 0 spiro atoms. The van der Waals surface area contributed by atoms with Crippen LogP contribution in [0.2, 0.25) is 0 Å². The van der Waals surface area contributed by atoms with Gasteiger partial charge in [0.2, 0.25) is 0 Å². The molecule has 1 heterocycles. The average molecular weight is 249 g/mol. The van der Waals surface area contributed by atoms with Gasteiger partial charge in [-0.05, 0) is 33.3 Å². The van der Waals surface area contributed by atoms with Crippen LogP contribution in [0, 0.1) is 6.92 Å². The molecule has 1 N–H and O–H groups in total. The van der Waals surface area contributed by atoms with E-state index in [1.54, 1.807) is 11.1 Å². The number of rotatable bonds is 4. The molecule has 4 nitrogen and oxygen atoms in total. The second kappa shape index (κ2) is 5.38. The van der Waals surface area contributed by atoms with E-state index < -0.39 is 0 Å². The van der Waals surface area contributed by atoms with E-state index >= 15 is 0 Å². The molecule has 0 aliphatic carbocycles. The molecule has 0 saturated carbocycles. The van der Waals surface area contributed by atoms with E-state index in [0.717, 1.165) is 17.8 Å². The predicted octanol–water partition coefficient (Wildman–Crippen LogP) is 2.69. The van der Waals surface area contributed by atoms with Crippen LogP contribution in [0.1, 0.15) is 43.2 Å². The zero-order chi connectivity index (χ0) is 13.9. The predicted molar refractivity (Wildman–Crippen MR) is 75.0 cm³/mol. The zero-order valence-electron chi connectivity index (χ0n) is 12.2. The molecular weight excluding hydrogens is 226 g/mol. The average Bonchev–Trinajstić information content (AvgIpc) is 2.36. The lowest BCUT2D eigenvalue weighted by atomic mass is 9.99. The summed E-state index contributed by atoms with van der Waals surface area (Å²) in [6.07, 6.45) is 2.55. The van der Waals surface area contributed by atoms with Crippen LogP contribution in [0.25, 0.3) is 0 Å². The lowest BCUT2D eigenvalue weighted by molar-refractivity contribution is 0.0621. The first-order chi connectivity index (χ1) is 8.33. The van der Waals surface area contributed by atoms with Crippen LogP contribution in [-0.4, -0.2) is 35.4 Å². The number of aryl methyl sites for hydroxylation is 1. The minimum Gasteiger partial charge on any atom is -0.387 e. The molecule has 0 bridgehead atoms. The summed E-state index contributed by atoms with van der Waals surface area (Å²) in [6, 6.07) is 1.89. The van der Waals surface area contributed by atoms with Crippen molar-refractivity contribution in [2.24, 2.45) is 0 Å². The van der Waals surface area contributed by atoms with Crippen molar-refractivity contribution in [3.8, 4) is 0 Å². The summed E-state index contributed by atoms with van der Waals surface area (Å²) in [7, 11) is 3.65. The molecule has 0 aliphatic rings. The number of hydrogen-bond donors (Lipinski definition) is 1. The number of aromatic nitrogens is 1. The first-order valence-corrected chi connectivity index (χ1v) is 6.26. The summed E-state index contributed by atoms with van der Waals surface area (Å²) < 4.78 is 0. The van der Waals surface area contributed by atoms with Crippen LogP contribution < -0.4 is 5.32 Å². The van der Waals surface area contributed by atoms with Crippen LogP contribution in [0.5, 0.6) is 0 Å². The van der Waals surface area contributed by atoms with Crippen LogP contribution >= 0.6 is 0 Å². The molecule has 0 aliphatic heterocycles. The molecule has 1 aromatic heterocycles. The van der Waals surface area contributed by atoms with Gasteiger partial charge in [-0.1, -0.05) is 6.92 Å². The summed E-state index contributed by atoms with van der Waals surface area (Å²) >= 11 is 0. The summed E-state index contributed by atoms with van der Waals surface area (Å²) in [4.78, 5) is 18.5. The van der Waals surface area contributed by atoms with Gasteiger partial charge in [0, 0.05) is 31.5 Å². The van der Waals surface area contributed by atoms with Crippen molar-refractivity contribution in [1.29, 1.82) is 0 Å². The maximum absolute atomic E-state index is 12.5. The number of anilines is 1. The second-order valence-corrected chi connectivity index (χ2v) is 5.15. The van der Waals surface area contributed by atoms with Crippen molar-refractivity contribution in [2.45, 2.75) is 39.7 Å². The number of nitrogens with zero attached hydrogens (tertiary/aromatic N) is 2. The highest BCUT2D eigenvalue weighted by Crippen LogP contribution is 2.23. The fourth-order valence-electron chi connectivity index (χ4n) is 1.63. The molecule has 18 heavy (non-hydrogen) atoms. The SMILES string of the molecule is CCC(C)(C)N(C)C(=O)c1cnc(C)cc1NC. The fourth-order valence-corrected chi connectivity index (χ4v) is 1.63. The van der Waals surface area contributed by atoms with E-state index in [0.29, 0.717) is 5.56 Å². The molecule has 0 saturated heterocycles. The standard InChI is InChI=1S/C14H23N3O/c1-7-14(3,4)17(6)13(18)11-9-16-10(2)8-12(11)15-5/h8-9H,7H2,1-6H3,(H,15,16). The Kier molecular flexibility index (Phi) is 4.33. The van der Waals surface area contributed by atoms with Crippen LogP contribution in [0.4, 0.5) is 5.69 Å². The number of amides is 1. The summed E-state index contributed by atoms with van der Waals surface area (Å²) in [5.74, 6) is -0.00120. The molecule has 100 valence electrons. The molecule has 0 atom stereocenters. The largest absolute Gasteiger partial charge is 0.387 e. The highest BCUT2D eigenvalue weighted by molar-refractivity contribution is 5.99. The van der Waals surface area contributed by atoms with Crippen molar-refractivity contribution < 1.29 is 4.79 Å². The lowest BCUT2D eigenvalue weighted by Gasteiger charge is -2.35. The van der Waals surface area contributed by atoms with Gasteiger partial charge in [0.15, 0.2) is 0 Å². The Morgan fingerprint density at radius 1 is 1.50 bits per heavy atom. The second-order valence-electron chi connectivity index (χ2n) is 5.15. The Morgan fingerprint density at radius 2 is 2.11 bits per heavy atom. The van der Waals surface area contributed by atoms with Gasteiger partial charge in [-0.15, -0.1) is 0 Å². The van der Waals surface area contributed by atoms with Gasteiger partial charge in [0.1, 0.15) is 0 Å². The van der Waals surface area contributed by atoms with E-state index in [4.69, 9.17) is 0 Å². The maximum atomic E-state index is 12.5. The smallest absolute Gasteiger partial charge is 0.257 e. The zero-order valence-corrected chi connectivity index (χ0v) is 12.2. The van der Waals surface area contributed by atoms with Crippen LogP contribution in [0.3, 0.4) is 0 Å². The van der Waals surface area contributed by atoms with Crippen LogP contribution in [0.15, 0.2) is 12.3 Å². The Labute approximate surface area is 109 Å². The summed E-state index contributed by atoms with van der Waals surface area (Å²) in [6.45, 7) is 8.11. The summed E-state index contributed by atoms with van der Waals surface area (Å²) in [5, 5.41) is 3.05. The molecule has 0 fully saturated rings. The quantitative estimate of drug-likeness (QED) is 0.892. The first-order valence-electron chi connectivity index (χ1n) is 6.26. The molecule has 0 radical (unpaired) electrons. The van der Waals surface area contributed by atoms with Crippen molar-refractivity contribution in [3.63, 3.8) is 0 Å². The fraction of sp³-hybridized carbons (Fsp3) is 0.571. The van der Waals surface area contributed by atoms with E-state index in [1.165, 1.54) is 0 Å². The van der Waals surface area contributed by atoms with Gasteiger partial charge in [-0.2, -0.15) is 0 Å². The van der Waals surface area contributed by atoms with E-state index in [9.17, 15) is 4.79 Å². The van der Waals surface area contributed by atoms with E-state index in [2.05, 4.69) is 31.1 Å². The first kappa shape index (κ1) is 14.5. The van der Waals surface area contributed by atoms with Crippen molar-refractivity contribution in [1.82, 2.24) is 9.88 Å². The summed E-state index contributed by atoms with van der Waals surface area (Å²) in [5.41, 5.74) is 2.18. The van der Waals surface area contributed by atoms with Gasteiger partial charge in [-0.3, -0.25) is 9.78 Å². The number of hydrogen-bond acceptors (Lipinski definition) is 3. The van der Waals surface area contributed by atoms with Gasteiger partial charge in [-0.25, -0.2) is 0 Å². The number of nitrogens with one attached hydrogen (secondary N) is 1. The van der Waals surface area contributed by atoms with E-state index in [1.807, 2.05) is 27.1 Å². The van der Waals surface area contributed by atoms with E-state index in [-0.39, 0.29) is 11.4 Å². The lowest BCUT2D eigenvalue weighted by Crippen LogP contribution is -2.44. The molecule has 0 aromatic carbocycles. The van der Waals surface area contributed by atoms with Crippen molar-refractivity contribution >= 4 is 11.6 Å². The Balaban J connectivity index is 3.11. The van der Waals surface area contributed by atoms with Crippen LogP contribution in [-0.2, 0) is 0 Å². The number of carbonyl (C=O) groups excluding carboxylic acids is 1. The Bertz CT molecular complexity index is 441. The third-order valence-corrected chi connectivity index (χ3v) is 3.62. The van der Waals surface area contributed by atoms with Crippen molar-refractivity contribution in [2.75, 3.05) is 19.4 Å². The maximum Gasteiger partial charge on any atom is 0.257 e. The highest BCUT2D eigenvalue weighted by atomic mass is 16.2. The molecule has 1 aromatic rings. The normalized spacial score (nSPS) is 11.2. The highest BCUT2D eigenvalue weighted by Gasteiger charge is 2.27. The third-order valence-electron chi connectivity index (χ3n) is 3.62. The molecular formula is C14H23N3O. The molecule has 0 unspecified atom stereocenters. The van der Waals surface area contributed by atoms with Gasteiger partial charge >= 0.3 is 0 Å². The number of pyridine rings is 1. The Morgan fingerprint density at radius 3 is 2.61 bits per heavy atom. The molecule has 1 rings (SSSR count). The third kappa shape index (κ3) is 2.81. The van der Waals surface area contributed by atoms with Gasteiger partial charge in [0.25, 0.3) is 5.91 Å². The minimum atomic E-state index is -0.160. The Hall–Kier alpha value is -1.58. The van der Waals surface area contributed by atoms with Crippen molar-refractivity contribution in [3.05, 3.63) is 23.5 Å². The minimum absolute atomic E-state index is 0.00120.